The molecule has 0 atom stereocenters. The van der Waals surface area contributed by atoms with Gasteiger partial charge in [0.05, 0.1) is 4.90 Å². The molecule has 4 nitrogen and oxygen atoms in total. The lowest BCUT2D eigenvalue weighted by Crippen LogP contribution is -2.24. The molecule has 0 saturated heterocycles. The molecule has 0 fully saturated rings. The van der Waals surface area contributed by atoms with E-state index in [-0.39, 0.29) is 17.3 Å². The van der Waals surface area contributed by atoms with Crippen molar-refractivity contribution in [2.24, 2.45) is 0 Å². The monoisotopic (exact) mass is 294 g/mol. The molecule has 2 aromatic carbocycles. The number of benzene rings is 2. The molecule has 0 aliphatic rings. The van der Waals surface area contributed by atoms with E-state index >= 15 is 0 Å². The van der Waals surface area contributed by atoms with Gasteiger partial charge in [-0.3, -0.25) is 0 Å². The van der Waals surface area contributed by atoms with E-state index in [0.717, 1.165) is 0 Å². The molecule has 2 aromatic rings. The molecule has 0 heterocycles. The maximum Gasteiger partial charge on any atom is 0.241 e. The Bertz CT molecular complexity index is 712. The number of sulfonamides is 1. The van der Waals surface area contributed by atoms with Gasteiger partial charge in [-0.2, -0.15) is 0 Å². The summed E-state index contributed by atoms with van der Waals surface area (Å²) >= 11 is 0. The number of nitrogen functional groups attached to an aromatic ring is 1. The zero-order chi connectivity index (χ0) is 14.8. The standard InChI is InChI=1S/C14H15FN2O2S/c1-10-13(16)3-2-4-14(10)20(18,19)17-9-11-5-7-12(15)8-6-11/h2-8,17H,9,16H2,1H3. The minimum atomic E-state index is -3.65. The number of hydrogen-bond acceptors (Lipinski definition) is 3. The first-order chi connectivity index (χ1) is 9.40. The molecule has 3 N–H and O–H groups in total. The SMILES string of the molecule is Cc1c(N)cccc1S(=O)(=O)NCc1ccc(F)cc1. The van der Waals surface area contributed by atoms with Crippen LogP contribution in [0.1, 0.15) is 11.1 Å². The summed E-state index contributed by atoms with van der Waals surface area (Å²) in [6, 6.07) is 10.4. The molecule has 0 aromatic heterocycles. The van der Waals surface area contributed by atoms with E-state index in [9.17, 15) is 12.8 Å². The third-order valence-corrected chi connectivity index (χ3v) is 4.54. The van der Waals surface area contributed by atoms with Crippen LogP contribution in [-0.4, -0.2) is 8.42 Å². The van der Waals surface area contributed by atoms with E-state index in [1.54, 1.807) is 19.1 Å². The zero-order valence-electron chi connectivity index (χ0n) is 10.9. The van der Waals surface area contributed by atoms with Crippen LogP contribution < -0.4 is 10.5 Å². The highest BCUT2D eigenvalue weighted by molar-refractivity contribution is 7.89. The van der Waals surface area contributed by atoms with E-state index in [0.29, 0.717) is 16.8 Å². The maximum absolute atomic E-state index is 12.8. The molecular weight excluding hydrogens is 279 g/mol. The highest BCUT2D eigenvalue weighted by Crippen LogP contribution is 2.20. The van der Waals surface area contributed by atoms with Crippen LogP contribution in [0.5, 0.6) is 0 Å². The fourth-order valence-corrected chi connectivity index (χ4v) is 3.07. The first-order valence-electron chi connectivity index (χ1n) is 5.99. The normalized spacial score (nSPS) is 11.5. The zero-order valence-corrected chi connectivity index (χ0v) is 11.7. The molecule has 0 aliphatic heterocycles. The van der Waals surface area contributed by atoms with Gasteiger partial charge in [-0.25, -0.2) is 17.5 Å². The molecule has 0 aliphatic carbocycles. The molecule has 20 heavy (non-hydrogen) atoms. The summed E-state index contributed by atoms with van der Waals surface area (Å²) < 4.78 is 39.7. The Balaban J connectivity index is 2.19. The Morgan fingerprint density at radius 2 is 1.80 bits per heavy atom. The van der Waals surface area contributed by atoms with Gasteiger partial charge in [-0.05, 0) is 42.3 Å². The Morgan fingerprint density at radius 1 is 1.15 bits per heavy atom. The van der Waals surface area contributed by atoms with Gasteiger partial charge in [0, 0.05) is 12.2 Å². The summed E-state index contributed by atoms with van der Waals surface area (Å²) in [7, 11) is -3.65. The van der Waals surface area contributed by atoms with Gasteiger partial charge in [0.25, 0.3) is 0 Å². The topological polar surface area (TPSA) is 72.2 Å². The molecule has 0 saturated carbocycles. The molecular formula is C14H15FN2O2S. The number of nitrogens with two attached hydrogens (primary N) is 1. The lowest BCUT2D eigenvalue weighted by Gasteiger charge is -2.10. The predicted octanol–water partition coefficient (Wildman–Crippen LogP) is 2.19. The number of hydrogen-bond donors (Lipinski definition) is 2. The largest absolute Gasteiger partial charge is 0.398 e. The average Bonchev–Trinajstić information content (AvgIpc) is 2.41. The first-order valence-corrected chi connectivity index (χ1v) is 7.47. The average molecular weight is 294 g/mol. The third-order valence-electron chi connectivity index (χ3n) is 3.00. The van der Waals surface area contributed by atoms with E-state index in [1.165, 1.54) is 30.3 Å². The summed E-state index contributed by atoms with van der Waals surface area (Å²) in [6.07, 6.45) is 0. The van der Waals surface area contributed by atoms with E-state index < -0.39 is 10.0 Å². The van der Waals surface area contributed by atoms with Crippen LogP contribution in [-0.2, 0) is 16.6 Å². The summed E-state index contributed by atoms with van der Waals surface area (Å²) in [5.74, 6) is -0.358. The van der Waals surface area contributed by atoms with Gasteiger partial charge in [0.2, 0.25) is 10.0 Å². The minimum Gasteiger partial charge on any atom is -0.398 e. The summed E-state index contributed by atoms with van der Waals surface area (Å²) in [5.41, 5.74) is 7.32. The quantitative estimate of drug-likeness (QED) is 0.849. The van der Waals surface area contributed by atoms with Crippen molar-refractivity contribution in [1.82, 2.24) is 4.72 Å². The summed E-state index contributed by atoms with van der Waals surface area (Å²) in [5, 5.41) is 0. The van der Waals surface area contributed by atoms with Gasteiger partial charge < -0.3 is 5.73 Å². The summed E-state index contributed by atoms with van der Waals surface area (Å²) in [6.45, 7) is 1.75. The van der Waals surface area contributed by atoms with Crippen LogP contribution in [0, 0.1) is 12.7 Å². The second-order valence-electron chi connectivity index (χ2n) is 4.42. The van der Waals surface area contributed by atoms with Crippen molar-refractivity contribution in [2.45, 2.75) is 18.4 Å². The molecule has 2 rings (SSSR count). The number of halogens is 1. The predicted molar refractivity (Wildman–Crippen MR) is 76.0 cm³/mol. The number of anilines is 1. The molecule has 0 radical (unpaired) electrons. The minimum absolute atomic E-state index is 0.0941. The molecule has 6 heteroatoms. The lowest BCUT2D eigenvalue weighted by atomic mass is 10.2. The second-order valence-corrected chi connectivity index (χ2v) is 6.16. The molecule has 106 valence electrons. The van der Waals surface area contributed by atoms with Gasteiger partial charge in [-0.1, -0.05) is 18.2 Å². The number of nitrogens with one attached hydrogen (secondary N) is 1. The van der Waals surface area contributed by atoms with Crippen molar-refractivity contribution in [2.75, 3.05) is 5.73 Å². The first kappa shape index (κ1) is 14.5. The van der Waals surface area contributed by atoms with E-state index in [2.05, 4.69) is 4.72 Å². The van der Waals surface area contributed by atoms with Crippen molar-refractivity contribution in [3.63, 3.8) is 0 Å². The van der Waals surface area contributed by atoms with Crippen molar-refractivity contribution < 1.29 is 12.8 Å². The van der Waals surface area contributed by atoms with Crippen LogP contribution in [0.3, 0.4) is 0 Å². The Morgan fingerprint density at radius 3 is 2.45 bits per heavy atom. The Labute approximate surface area is 117 Å². The van der Waals surface area contributed by atoms with Crippen LogP contribution in [0.4, 0.5) is 10.1 Å². The summed E-state index contributed by atoms with van der Waals surface area (Å²) in [4.78, 5) is 0.152. The van der Waals surface area contributed by atoms with E-state index in [4.69, 9.17) is 5.73 Å². The fourth-order valence-electron chi connectivity index (χ4n) is 1.78. The van der Waals surface area contributed by atoms with Crippen LogP contribution in [0.15, 0.2) is 47.4 Å². The van der Waals surface area contributed by atoms with Crippen LogP contribution >= 0.6 is 0 Å². The van der Waals surface area contributed by atoms with Crippen molar-refractivity contribution in [3.8, 4) is 0 Å². The van der Waals surface area contributed by atoms with Gasteiger partial charge >= 0.3 is 0 Å². The van der Waals surface area contributed by atoms with Gasteiger partial charge in [0.15, 0.2) is 0 Å². The van der Waals surface area contributed by atoms with Crippen molar-refractivity contribution in [3.05, 3.63) is 59.4 Å². The highest BCUT2D eigenvalue weighted by atomic mass is 32.2. The lowest BCUT2D eigenvalue weighted by molar-refractivity contribution is 0.580. The molecule has 0 unspecified atom stereocenters. The smallest absolute Gasteiger partial charge is 0.241 e. The van der Waals surface area contributed by atoms with Crippen molar-refractivity contribution in [1.29, 1.82) is 0 Å². The Kier molecular flexibility index (Phi) is 4.06. The second kappa shape index (κ2) is 5.60. The van der Waals surface area contributed by atoms with Crippen LogP contribution in [0.25, 0.3) is 0 Å². The molecule has 0 amide bonds. The molecule has 0 bridgehead atoms. The highest BCUT2D eigenvalue weighted by Gasteiger charge is 2.17. The molecule has 0 spiro atoms. The third kappa shape index (κ3) is 3.15. The van der Waals surface area contributed by atoms with Gasteiger partial charge in [0.1, 0.15) is 5.82 Å². The van der Waals surface area contributed by atoms with Gasteiger partial charge in [-0.15, -0.1) is 0 Å². The fraction of sp³-hybridized carbons (Fsp3) is 0.143. The van der Waals surface area contributed by atoms with Crippen LogP contribution in [0.2, 0.25) is 0 Å². The van der Waals surface area contributed by atoms with E-state index in [1.807, 2.05) is 0 Å². The Hall–Kier alpha value is -1.92. The maximum atomic E-state index is 12.8. The van der Waals surface area contributed by atoms with Crippen molar-refractivity contribution >= 4 is 15.7 Å². The number of rotatable bonds is 4.